The van der Waals surface area contributed by atoms with Crippen LogP contribution in [-0.2, 0) is 16.7 Å². The standard InChI is InChI=1S/C14H21NO/c1-2-12-5-3-6-13(11-12)14(15)7-4-9-16-10-8-14/h3,5-6,11H,2,4,7-10,15H2,1H3. The minimum atomic E-state index is -0.179. The van der Waals surface area contributed by atoms with Crippen molar-refractivity contribution in [2.75, 3.05) is 13.2 Å². The molecule has 1 aromatic rings. The summed E-state index contributed by atoms with van der Waals surface area (Å²) in [6.45, 7) is 3.82. The van der Waals surface area contributed by atoms with Gasteiger partial charge in [-0.2, -0.15) is 0 Å². The Kier molecular flexibility index (Phi) is 3.62. The van der Waals surface area contributed by atoms with Gasteiger partial charge in [0, 0.05) is 18.8 Å². The fourth-order valence-corrected chi connectivity index (χ4v) is 2.36. The van der Waals surface area contributed by atoms with E-state index in [9.17, 15) is 0 Å². The van der Waals surface area contributed by atoms with Crippen LogP contribution in [0.25, 0.3) is 0 Å². The fourth-order valence-electron chi connectivity index (χ4n) is 2.36. The Morgan fingerprint density at radius 1 is 1.31 bits per heavy atom. The summed E-state index contributed by atoms with van der Waals surface area (Å²) < 4.78 is 5.49. The van der Waals surface area contributed by atoms with Crippen molar-refractivity contribution in [1.82, 2.24) is 0 Å². The van der Waals surface area contributed by atoms with Gasteiger partial charge in [-0.1, -0.05) is 31.2 Å². The van der Waals surface area contributed by atoms with E-state index in [4.69, 9.17) is 10.5 Å². The van der Waals surface area contributed by atoms with Crippen LogP contribution in [-0.4, -0.2) is 13.2 Å². The van der Waals surface area contributed by atoms with E-state index in [1.165, 1.54) is 11.1 Å². The molecule has 1 heterocycles. The Labute approximate surface area is 97.8 Å². The molecule has 0 aliphatic carbocycles. The molecular weight excluding hydrogens is 198 g/mol. The summed E-state index contributed by atoms with van der Waals surface area (Å²) in [6, 6.07) is 8.70. The molecule has 16 heavy (non-hydrogen) atoms. The van der Waals surface area contributed by atoms with Gasteiger partial charge in [0.15, 0.2) is 0 Å². The molecule has 2 rings (SSSR count). The highest BCUT2D eigenvalue weighted by molar-refractivity contribution is 5.29. The number of nitrogens with two attached hydrogens (primary N) is 1. The van der Waals surface area contributed by atoms with Gasteiger partial charge < -0.3 is 10.5 Å². The average molecular weight is 219 g/mol. The van der Waals surface area contributed by atoms with Gasteiger partial charge in [-0.3, -0.25) is 0 Å². The van der Waals surface area contributed by atoms with Crippen LogP contribution in [0.2, 0.25) is 0 Å². The first kappa shape index (κ1) is 11.6. The fraction of sp³-hybridized carbons (Fsp3) is 0.571. The minimum absolute atomic E-state index is 0.179. The van der Waals surface area contributed by atoms with Crippen LogP contribution in [0, 0.1) is 0 Å². The summed E-state index contributed by atoms with van der Waals surface area (Å²) in [5, 5.41) is 0. The van der Waals surface area contributed by atoms with Gasteiger partial charge in [0.2, 0.25) is 0 Å². The van der Waals surface area contributed by atoms with Crippen molar-refractivity contribution in [3.8, 4) is 0 Å². The molecular formula is C14H21NO. The highest BCUT2D eigenvalue weighted by Crippen LogP contribution is 2.30. The third-order valence-corrected chi connectivity index (χ3v) is 3.51. The molecule has 0 radical (unpaired) electrons. The van der Waals surface area contributed by atoms with Crippen LogP contribution in [0.3, 0.4) is 0 Å². The summed E-state index contributed by atoms with van der Waals surface area (Å²) in [4.78, 5) is 0. The van der Waals surface area contributed by atoms with E-state index in [1.807, 2.05) is 0 Å². The van der Waals surface area contributed by atoms with Crippen LogP contribution in [0.15, 0.2) is 24.3 Å². The Hall–Kier alpha value is -0.860. The molecule has 1 saturated heterocycles. The molecule has 0 saturated carbocycles. The first-order chi connectivity index (χ1) is 7.74. The van der Waals surface area contributed by atoms with E-state index in [-0.39, 0.29) is 5.54 Å². The summed E-state index contributed by atoms with van der Waals surface area (Å²) in [5.74, 6) is 0. The lowest BCUT2D eigenvalue weighted by Gasteiger charge is -2.28. The van der Waals surface area contributed by atoms with Crippen molar-refractivity contribution in [3.63, 3.8) is 0 Å². The van der Waals surface area contributed by atoms with E-state index >= 15 is 0 Å². The van der Waals surface area contributed by atoms with E-state index < -0.39 is 0 Å². The summed E-state index contributed by atoms with van der Waals surface area (Å²) in [6.07, 6.45) is 4.09. The molecule has 0 aromatic heterocycles. The van der Waals surface area contributed by atoms with Gasteiger partial charge in [0.1, 0.15) is 0 Å². The maximum absolute atomic E-state index is 6.52. The second-order valence-electron chi connectivity index (χ2n) is 4.68. The summed E-state index contributed by atoms with van der Waals surface area (Å²) >= 11 is 0. The first-order valence-corrected chi connectivity index (χ1v) is 6.21. The predicted octanol–water partition coefficient (Wildman–Crippen LogP) is 2.60. The average Bonchev–Trinajstić information content (AvgIpc) is 2.55. The van der Waals surface area contributed by atoms with Gasteiger partial charge in [-0.25, -0.2) is 0 Å². The molecule has 2 nitrogen and oxygen atoms in total. The highest BCUT2D eigenvalue weighted by atomic mass is 16.5. The lowest BCUT2D eigenvalue weighted by molar-refractivity contribution is 0.139. The largest absolute Gasteiger partial charge is 0.381 e. The highest BCUT2D eigenvalue weighted by Gasteiger charge is 2.28. The number of ether oxygens (including phenoxy) is 1. The van der Waals surface area contributed by atoms with Crippen LogP contribution in [0.1, 0.15) is 37.3 Å². The number of hydrogen-bond acceptors (Lipinski definition) is 2. The second kappa shape index (κ2) is 4.98. The zero-order chi connectivity index (χ0) is 11.4. The summed E-state index contributed by atoms with van der Waals surface area (Å²) in [5.41, 5.74) is 8.99. The van der Waals surface area contributed by atoms with Crippen molar-refractivity contribution in [3.05, 3.63) is 35.4 Å². The van der Waals surface area contributed by atoms with Gasteiger partial charge in [0.05, 0.1) is 0 Å². The molecule has 88 valence electrons. The molecule has 1 aliphatic rings. The van der Waals surface area contributed by atoms with Gasteiger partial charge in [-0.05, 0) is 36.8 Å². The molecule has 1 aliphatic heterocycles. The Balaban J connectivity index is 2.25. The maximum Gasteiger partial charge on any atom is 0.0486 e. The number of rotatable bonds is 2. The van der Waals surface area contributed by atoms with Crippen LogP contribution in [0.4, 0.5) is 0 Å². The molecule has 1 fully saturated rings. The van der Waals surface area contributed by atoms with Crippen LogP contribution < -0.4 is 5.73 Å². The lowest BCUT2D eigenvalue weighted by Crippen LogP contribution is -2.36. The normalized spacial score (nSPS) is 26.4. The molecule has 0 amide bonds. The zero-order valence-electron chi connectivity index (χ0n) is 10.0. The molecule has 2 heteroatoms. The topological polar surface area (TPSA) is 35.2 Å². The quantitative estimate of drug-likeness (QED) is 0.829. The second-order valence-corrected chi connectivity index (χ2v) is 4.68. The van der Waals surface area contributed by atoms with Gasteiger partial charge in [-0.15, -0.1) is 0 Å². The number of aryl methyl sites for hydroxylation is 1. The van der Waals surface area contributed by atoms with E-state index in [0.717, 1.165) is 38.9 Å². The van der Waals surface area contributed by atoms with Crippen molar-refractivity contribution in [2.45, 2.75) is 38.1 Å². The van der Waals surface area contributed by atoms with Crippen molar-refractivity contribution in [2.24, 2.45) is 5.73 Å². The van der Waals surface area contributed by atoms with Crippen molar-refractivity contribution >= 4 is 0 Å². The predicted molar refractivity (Wildman–Crippen MR) is 66.4 cm³/mol. The van der Waals surface area contributed by atoms with E-state index in [2.05, 4.69) is 31.2 Å². The smallest absolute Gasteiger partial charge is 0.0486 e. The third kappa shape index (κ3) is 2.45. The third-order valence-electron chi connectivity index (χ3n) is 3.51. The van der Waals surface area contributed by atoms with E-state index in [1.54, 1.807) is 0 Å². The number of hydrogen-bond donors (Lipinski definition) is 1. The molecule has 0 bridgehead atoms. The monoisotopic (exact) mass is 219 g/mol. The zero-order valence-corrected chi connectivity index (χ0v) is 10.0. The Morgan fingerprint density at radius 3 is 3.00 bits per heavy atom. The van der Waals surface area contributed by atoms with Gasteiger partial charge >= 0.3 is 0 Å². The van der Waals surface area contributed by atoms with Crippen molar-refractivity contribution in [1.29, 1.82) is 0 Å². The Morgan fingerprint density at radius 2 is 2.19 bits per heavy atom. The maximum atomic E-state index is 6.52. The molecule has 1 atom stereocenters. The van der Waals surface area contributed by atoms with Crippen LogP contribution >= 0.6 is 0 Å². The van der Waals surface area contributed by atoms with E-state index in [0.29, 0.717) is 0 Å². The number of benzene rings is 1. The molecule has 2 N–H and O–H groups in total. The minimum Gasteiger partial charge on any atom is -0.381 e. The molecule has 1 aromatic carbocycles. The van der Waals surface area contributed by atoms with Gasteiger partial charge in [0.25, 0.3) is 0 Å². The lowest BCUT2D eigenvalue weighted by atomic mass is 9.83. The summed E-state index contributed by atoms with van der Waals surface area (Å²) in [7, 11) is 0. The van der Waals surface area contributed by atoms with Crippen molar-refractivity contribution < 1.29 is 4.74 Å². The Bertz CT molecular complexity index is 340. The van der Waals surface area contributed by atoms with Crippen LogP contribution in [0.5, 0.6) is 0 Å². The molecule has 0 spiro atoms. The molecule has 1 unspecified atom stereocenters. The SMILES string of the molecule is CCc1cccc(C2(N)CCCOCC2)c1. The first-order valence-electron chi connectivity index (χ1n) is 6.21.